The number of allylic oxidation sites excluding steroid dienone is 1. The zero-order valence-corrected chi connectivity index (χ0v) is 19.5. The molecule has 0 spiro atoms. The maximum absolute atomic E-state index is 12.6. The van der Waals surface area contributed by atoms with E-state index in [1.54, 1.807) is 6.26 Å². The summed E-state index contributed by atoms with van der Waals surface area (Å²) in [4.78, 5) is 30.6. The Kier molecular flexibility index (Phi) is 8.00. The van der Waals surface area contributed by atoms with Crippen molar-refractivity contribution in [3.05, 3.63) is 36.3 Å². The normalized spacial score (nSPS) is 31.5. The maximum Gasteiger partial charge on any atom is 0.351 e. The Labute approximate surface area is 194 Å². The van der Waals surface area contributed by atoms with E-state index < -0.39 is 11.9 Å². The molecule has 1 saturated heterocycles. The molecule has 2 saturated carbocycles. The van der Waals surface area contributed by atoms with Crippen LogP contribution in [0.25, 0.3) is 0 Å². The van der Waals surface area contributed by atoms with Gasteiger partial charge in [0.15, 0.2) is 5.97 Å². The van der Waals surface area contributed by atoms with Gasteiger partial charge in [0, 0.05) is 18.8 Å². The minimum absolute atomic E-state index is 0.0346. The molecule has 1 aliphatic heterocycles. The van der Waals surface area contributed by atoms with Gasteiger partial charge in [0.1, 0.15) is 17.8 Å². The van der Waals surface area contributed by atoms with E-state index in [0.29, 0.717) is 17.9 Å². The van der Waals surface area contributed by atoms with Crippen LogP contribution in [0, 0.1) is 23.2 Å². The van der Waals surface area contributed by atoms with E-state index >= 15 is 0 Å². The monoisotopic (exact) mass is 461 g/mol. The molecule has 0 amide bonds. The summed E-state index contributed by atoms with van der Waals surface area (Å²) in [6.45, 7) is 9.85. The minimum Gasteiger partial charge on any atom is -0.539 e. The Balaban J connectivity index is 0.000000454. The number of aliphatic carboxylic acids is 2. The van der Waals surface area contributed by atoms with Crippen LogP contribution in [-0.2, 0) is 25.5 Å². The predicted octanol–water partition coefficient (Wildman–Crippen LogP) is 1.30. The molecular weight excluding hydrogens is 426 g/mol. The molecule has 4 rings (SSSR count). The lowest BCUT2D eigenvalue weighted by Crippen LogP contribution is -2.91. The lowest BCUT2D eigenvalue weighted by Gasteiger charge is -2.49. The van der Waals surface area contributed by atoms with E-state index in [4.69, 9.17) is 29.0 Å². The van der Waals surface area contributed by atoms with Gasteiger partial charge in [0.2, 0.25) is 0 Å². The predicted molar refractivity (Wildman–Crippen MR) is 117 cm³/mol. The second-order valence-electron chi connectivity index (χ2n) is 10.1. The quantitative estimate of drug-likeness (QED) is 0.370. The molecule has 0 radical (unpaired) electrons. The van der Waals surface area contributed by atoms with Gasteiger partial charge in [-0.2, -0.15) is 0 Å². The van der Waals surface area contributed by atoms with Gasteiger partial charge >= 0.3 is 11.9 Å². The number of hydrogen-bond donors (Lipinski definition) is 2. The number of carboxylic acids is 2. The average molecular weight is 462 g/mol. The molecule has 1 aromatic rings. The minimum atomic E-state index is -2.07. The number of carbonyl (C=O) groups is 3. The summed E-state index contributed by atoms with van der Waals surface area (Å²) in [5, 5.41) is 18.7. The summed E-state index contributed by atoms with van der Waals surface area (Å²) in [6, 6.07) is 4.44. The number of carbonyl (C=O) groups excluding carboxylic acids is 2. The van der Waals surface area contributed by atoms with Crippen molar-refractivity contribution in [3.8, 4) is 0 Å². The van der Waals surface area contributed by atoms with Crippen LogP contribution in [-0.4, -0.2) is 41.7 Å². The summed E-state index contributed by atoms with van der Waals surface area (Å²) < 4.78 is 11.3. The van der Waals surface area contributed by atoms with Crippen LogP contribution in [0.1, 0.15) is 58.1 Å². The number of fused-ring (bicyclic) bond motifs is 2. The molecule has 8 nitrogen and oxygen atoms in total. The Morgan fingerprint density at radius 1 is 1.42 bits per heavy atom. The Bertz CT molecular complexity index is 852. The lowest BCUT2D eigenvalue weighted by molar-refractivity contribution is -0.690. The average Bonchev–Trinajstić information content (AvgIpc) is 3.36. The van der Waals surface area contributed by atoms with Crippen LogP contribution in [0.2, 0.25) is 0 Å². The zero-order valence-electron chi connectivity index (χ0n) is 19.5. The van der Waals surface area contributed by atoms with Crippen molar-refractivity contribution < 1.29 is 39.1 Å². The van der Waals surface area contributed by atoms with Crippen LogP contribution in [0.3, 0.4) is 0 Å². The first-order valence-corrected chi connectivity index (χ1v) is 11.8. The summed E-state index contributed by atoms with van der Waals surface area (Å²) in [6.07, 6.45) is 9.62. The number of rotatable bonds is 6. The fourth-order valence-electron chi connectivity index (χ4n) is 5.85. The molecule has 2 heterocycles. The van der Waals surface area contributed by atoms with Crippen LogP contribution < -0.4 is 10.4 Å². The van der Waals surface area contributed by atoms with Gasteiger partial charge in [-0.3, -0.25) is 4.79 Å². The second-order valence-corrected chi connectivity index (χ2v) is 10.1. The van der Waals surface area contributed by atoms with Crippen molar-refractivity contribution >= 4 is 17.9 Å². The summed E-state index contributed by atoms with van der Waals surface area (Å²) in [7, 11) is 0. The SMILES string of the molecule is C=C1CCCC2(C)CC3OC(=O)C(C[NH2+]C(C)CCc4ccco4)C3CC12.O=C([O-])C(=O)O. The molecule has 3 aliphatic rings. The van der Waals surface area contributed by atoms with Crippen molar-refractivity contribution in [2.24, 2.45) is 23.2 Å². The fourth-order valence-corrected chi connectivity index (χ4v) is 5.85. The van der Waals surface area contributed by atoms with E-state index in [-0.39, 0.29) is 23.4 Å². The molecule has 1 aromatic heterocycles. The number of esters is 1. The molecule has 8 heteroatoms. The maximum atomic E-state index is 12.6. The van der Waals surface area contributed by atoms with Crippen molar-refractivity contribution in [3.63, 3.8) is 0 Å². The number of hydrogen-bond acceptors (Lipinski definition) is 6. The standard InChI is InChI=1S/C23H33NO3.C2H2O4/c1-15-6-4-10-23(3)13-21-18(12-20(15)23)19(22(25)27-21)14-24-16(2)8-9-17-7-5-11-26-17;3-1(4)2(5)6/h5,7,11,16,18-21,24H,1,4,6,8-10,12-14H2,2-3H3;(H,3,4)(H,5,6). The smallest absolute Gasteiger partial charge is 0.351 e. The summed E-state index contributed by atoms with van der Waals surface area (Å²) in [5.74, 6) is -1.95. The van der Waals surface area contributed by atoms with Crippen molar-refractivity contribution in [2.75, 3.05) is 6.54 Å². The van der Waals surface area contributed by atoms with Gasteiger partial charge < -0.3 is 29.5 Å². The highest BCUT2D eigenvalue weighted by Gasteiger charge is 2.55. The second kappa shape index (κ2) is 10.5. The van der Waals surface area contributed by atoms with Crippen molar-refractivity contribution in [1.82, 2.24) is 0 Å². The first-order valence-electron chi connectivity index (χ1n) is 11.8. The molecule has 0 aromatic carbocycles. The van der Waals surface area contributed by atoms with Gasteiger partial charge in [-0.1, -0.05) is 19.1 Å². The van der Waals surface area contributed by atoms with E-state index in [0.717, 1.165) is 44.4 Å². The van der Waals surface area contributed by atoms with E-state index in [1.165, 1.54) is 18.4 Å². The van der Waals surface area contributed by atoms with Crippen LogP contribution >= 0.6 is 0 Å². The number of quaternary nitrogens is 1. The third kappa shape index (κ3) is 6.05. The Morgan fingerprint density at radius 2 is 2.15 bits per heavy atom. The summed E-state index contributed by atoms with van der Waals surface area (Å²) in [5.41, 5.74) is 1.70. The Morgan fingerprint density at radius 3 is 2.79 bits per heavy atom. The molecule has 6 unspecified atom stereocenters. The largest absolute Gasteiger partial charge is 0.539 e. The molecule has 0 bridgehead atoms. The molecule has 2 aliphatic carbocycles. The van der Waals surface area contributed by atoms with Gasteiger partial charge in [-0.05, 0) is 62.5 Å². The highest BCUT2D eigenvalue weighted by atomic mass is 16.6. The summed E-state index contributed by atoms with van der Waals surface area (Å²) >= 11 is 0. The number of furan rings is 1. The Hall–Kier alpha value is -2.61. The third-order valence-electron chi connectivity index (χ3n) is 7.71. The topological polar surface area (TPSA) is 133 Å². The van der Waals surface area contributed by atoms with Gasteiger partial charge in [-0.25, -0.2) is 4.79 Å². The molecule has 182 valence electrons. The number of aryl methyl sites for hydroxylation is 1. The van der Waals surface area contributed by atoms with Crippen LogP contribution in [0.5, 0.6) is 0 Å². The highest BCUT2D eigenvalue weighted by molar-refractivity contribution is 6.26. The van der Waals surface area contributed by atoms with E-state index in [1.807, 2.05) is 12.1 Å². The molecule has 6 atom stereocenters. The fraction of sp³-hybridized carbons (Fsp3) is 0.640. The van der Waals surface area contributed by atoms with Gasteiger partial charge in [-0.15, -0.1) is 0 Å². The van der Waals surface area contributed by atoms with E-state index in [9.17, 15) is 4.79 Å². The first-order chi connectivity index (χ1) is 15.6. The van der Waals surface area contributed by atoms with Crippen molar-refractivity contribution in [2.45, 2.75) is 70.9 Å². The highest BCUT2D eigenvalue weighted by Crippen LogP contribution is 2.56. The number of nitrogens with two attached hydrogens (primary N) is 1. The molecule has 3 N–H and O–H groups in total. The lowest BCUT2D eigenvalue weighted by atomic mass is 9.55. The number of ether oxygens (including phenoxy) is 1. The van der Waals surface area contributed by atoms with Crippen LogP contribution in [0.4, 0.5) is 0 Å². The van der Waals surface area contributed by atoms with E-state index in [2.05, 4.69) is 25.7 Å². The zero-order chi connectivity index (χ0) is 24.2. The van der Waals surface area contributed by atoms with Crippen LogP contribution in [0.15, 0.2) is 35.0 Å². The molecule has 33 heavy (non-hydrogen) atoms. The first kappa shape index (κ1) is 25.0. The molecular formula is C25H35NO7. The molecule has 3 fully saturated rings. The third-order valence-corrected chi connectivity index (χ3v) is 7.71. The van der Waals surface area contributed by atoms with Gasteiger partial charge in [0.25, 0.3) is 0 Å². The number of carboxylic acid groups (broad SMARTS) is 2. The van der Waals surface area contributed by atoms with Crippen molar-refractivity contribution in [1.29, 1.82) is 0 Å². The van der Waals surface area contributed by atoms with Gasteiger partial charge in [0.05, 0.1) is 18.8 Å².